The SMILES string of the molecule is CCc1noc(CC(N)COC)n1. The molecular formula is C8H15N3O2. The number of nitrogens with two attached hydrogens (primary N) is 1. The maximum Gasteiger partial charge on any atom is 0.228 e. The van der Waals surface area contributed by atoms with Crippen molar-refractivity contribution in [1.29, 1.82) is 0 Å². The molecule has 5 heteroatoms. The predicted octanol–water partition coefficient (Wildman–Crippen LogP) is 0.148. The Morgan fingerprint density at radius 3 is 2.92 bits per heavy atom. The number of aryl methyl sites for hydroxylation is 1. The molecule has 1 aromatic rings. The zero-order chi connectivity index (χ0) is 9.68. The second-order valence-corrected chi connectivity index (χ2v) is 2.88. The fraction of sp³-hybridized carbons (Fsp3) is 0.750. The van der Waals surface area contributed by atoms with E-state index in [0.717, 1.165) is 12.2 Å². The first-order valence-electron chi connectivity index (χ1n) is 4.32. The van der Waals surface area contributed by atoms with E-state index in [4.69, 9.17) is 15.0 Å². The summed E-state index contributed by atoms with van der Waals surface area (Å²) in [7, 11) is 1.62. The molecule has 0 spiro atoms. The molecule has 1 rings (SSSR count). The Morgan fingerprint density at radius 1 is 1.62 bits per heavy atom. The van der Waals surface area contributed by atoms with Crippen molar-refractivity contribution in [3.8, 4) is 0 Å². The third-order valence-corrected chi connectivity index (χ3v) is 1.64. The molecule has 0 saturated heterocycles. The van der Waals surface area contributed by atoms with Crippen LogP contribution in [0.15, 0.2) is 4.52 Å². The van der Waals surface area contributed by atoms with E-state index in [2.05, 4.69) is 10.1 Å². The van der Waals surface area contributed by atoms with Gasteiger partial charge in [0.1, 0.15) is 0 Å². The lowest BCUT2D eigenvalue weighted by molar-refractivity contribution is 0.176. The highest BCUT2D eigenvalue weighted by atomic mass is 16.5. The van der Waals surface area contributed by atoms with Crippen molar-refractivity contribution < 1.29 is 9.26 Å². The number of ether oxygens (including phenoxy) is 1. The standard InChI is InChI=1S/C8H15N3O2/c1-3-7-10-8(13-11-7)4-6(9)5-12-2/h6H,3-5,9H2,1-2H3. The van der Waals surface area contributed by atoms with Crippen LogP contribution in [0.2, 0.25) is 0 Å². The van der Waals surface area contributed by atoms with Gasteiger partial charge in [-0.2, -0.15) is 4.98 Å². The van der Waals surface area contributed by atoms with Gasteiger partial charge in [-0.05, 0) is 0 Å². The summed E-state index contributed by atoms with van der Waals surface area (Å²) in [6.07, 6.45) is 1.35. The highest BCUT2D eigenvalue weighted by Crippen LogP contribution is 2.00. The van der Waals surface area contributed by atoms with E-state index in [1.165, 1.54) is 0 Å². The molecule has 1 aromatic heterocycles. The zero-order valence-electron chi connectivity index (χ0n) is 7.99. The molecule has 0 saturated carbocycles. The minimum atomic E-state index is -0.0739. The van der Waals surface area contributed by atoms with Crippen LogP contribution in [0, 0.1) is 0 Å². The van der Waals surface area contributed by atoms with E-state index >= 15 is 0 Å². The molecule has 0 bridgehead atoms. The molecule has 0 aromatic carbocycles. The molecule has 1 atom stereocenters. The number of rotatable bonds is 5. The normalized spacial score (nSPS) is 13.2. The average molecular weight is 185 g/mol. The van der Waals surface area contributed by atoms with Crippen molar-refractivity contribution in [3.63, 3.8) is 0 Å². The van der Waals surface area contributed by atoms with Crippen LogP contribution in [-0.4, -0.2) is 29.9 Å². The Kier molecular flexibility index (Phi) is 3.85. The summed E-state index contributed by atoms with van der Waals surface area (Å²) in [5.41, 5.74) is 5.71. The molecule has 1 unspecified atom stereocenters. The van der Waals surface area contributed by atoms with E-state index in [0.29, 0.717) is 18.9 Å². The summed E-state index contributed by atoms with van der Waals surface area (Å²) in [6, 6.07) is -0.0739. The molecule has 0 aliphatic carbocycles. The van der Waals surface area contributed by atoms with Crippen molar-refractivity contribution in [1.82, 2.24) is 10.1 Å². The van der Waals surface area contributed by atoms with Crippen molar-refractivity contribution in [3.05, 3.63) is 11.7 Å². The molecule has 13 heavy (non-hydrogen) atoms. The first-order valence-corrected chi connectivity index (χ1v) is 4.32. The summed E-state index contributed by atoms with van der Waals surface area (Å²) >= 11 is 0. The summed E-state index contributed by atoms with van der Waals surface area (Å²) in [4.78, 5) is 4.14. The van der Waals surface area contributed by atoms with Crippen molar-refractivity contribution >= 4 is 0 Å². The van der Waals surface area contributed by atoms with Crippen LogP contribution in [-0.2, 0) is 17.6 Å². The van der Waals surface area contributed by atoms with Gasteiger partial charge in [0.15, 0.2) is 5.82 Å². The number of hydrogen-bond acceptors (Lipinski definition) is 5. The van der Waals surface area contributed by atoms with Crippen LogP contribution in [0.5, 0.6) is 0 Å². The molecule has 0 amide bonds. The van der Waals surface area contributed by atoms with Crippen LogP contribution in [0.4, 0.5) is 0 Å². The summed E-state index contributed by atoms with van der Waals surface area (Å²) < 4.78 is 9.87. The molecule has 1 heterocycles. The Hall–Kier alpha value is -0.940. The van der Waals surface area contributed by atoms with Gasteiger partial charge < -0.3 is 15.0 Å². The highest BCUT2D eigenvalue weighted by molar-refractivity contribution is 4.88. The summed E-state index contributed by atoms with van der Waals surface area (Å²) in [5, 5.41) is 3.77. The van der Waals surface area contributed by atoms with Gasteiger partial charge in [0, 0.05) is 26.0 Å². The van der Waals surface area contributed by atoms with Crippen molar-refractivity contribution in [2.75, 3.05) is 13.7 Å². The summed E-state index contributed by atoms with van der Waals surface area (Å²) in [6.45, 7) is 2.48. The largest absolute Gasteiger partial charge is 0.383 e. The van der Waals surface area contributed by atoms with Gasteiger partial charge in [-0.25, -0.2) is 0 Å². The minimum absolute atomic E-state index is 0.0739. The molecule has 0 aliphatic heterocycles. The third-order valence-electron chi connectivity index (χ3n) is 1.64. The lowest BCUT2D eigenvalue weighted by Crippen LogP contribution is -2.28. The quantitative estimate of drug-likeness (QED) is 0.706. The molecule has 0 aliphatic rings. The maximum atomic E-state index is 5.71. The second-order valence-electron chi connectivity index (χ2n) is 2.88. The first kappa shape index (κ1) is 10.1. The molecule has 0 fully saturated rings. The number of nitrogens with zero attached hydrogens (tertiary/aromatic N) is 2. The Bertz CT molecular complexity index is 249. The predicted molar refractivity (Wildman–Crippen MR) is 47.2 cm³/mol. The highest BCUT2D eigenvalue weighted by Gasteiger charge is 2.09. The minimum Gasteiger partial charge on any atom is -0.383 e. The van der Waals surface area contributed by atoms with Gasteiger partial charge >= 0.3 is 0 Å². The van der Waals surface area contributed by atoms with E-state index in [1.807, 2.05) is 6.92 Å². The molecular weight excluding hydrogens is 170 g/mol. The lowest BCUT2D eigenvalue weighted by Gasteiger charge is -2.05. The average Bonchev–Trinajstić information content (AvgIpc) is 2.52. The molecule has 0 radical (unpaired) electrons. The third kappa shape index (κ3) is 3.12. The van der Waals surface area contributed by atoms with Gasteiger partial charge in [0.2, 0.25) is 5.89 Å². The summed E-state index contributed by atoms with van der Waals surface area (Å²) in [5.74, 6) is 1.31. The molecule has 2 N–H and O–H groups in total. The monoisotopic (exact) mass is 185 g/mol. The van der Waals surface area contributed by atoms with Crippen LogP contribution >= 0.6 is 0 Å². The molecule has 5 nitrogen and oxygen atoms in total. The smallest absolute Gasteiger partial charge is 0.228 e. The second kappa shape index (κ2) is 4.94. The van der Waals surface area contributed by atoms with E-state index < -0.39 is 0 Å². The van der Waals surface area contributed by atoms with Crippen LogP contribution in [0.1, 0.15) is 18.6 Å². The van der Waals surface area contributed by atoms with Crippen molar-refractivity contribution in [2.45, 2.75) is 25.8 Å². The lowest BCUT2D eigenvalue weighted by atomic mass is 10.2. The van der Waals surface area contributed by atoms with Crippen LogP contribution in [0.3, 0.4) is 0 Å². The molecule has 74 valence electrons. The van der Waals surface area contributed by atoms with Gasteiger partial charge in [-0.1, -0.05) is 12.1 Å². The number of aromatic nitrogens is 2. The Balaban J connectivity index is 2.44. The Labute approximate surface area is 77.3 Å². The topological polar surface area (TPSA) is 74.2 Å². The van der Waals surface area contributed by atoms with Crippen LogP contribution < -0.4 is 5.73 Å². The van der Waals surface area contributed by atoms with E-state index in [9.17, 15) is 0 Å². The van der Waals surface area contributed by atoms with Gasteiger partial charge in [-0.15, -0.1) is 0 Å². The zero-order valence-corrected chi connectivity index (χ0v) is 7.99. The number of methoxy groups -OCH3 is 1. The number of hydrogen-bond donors (Lipinski definition) is 1. The van der Waals surface area contributed by atoms with E-state index in [1.54, 1.807) is 7.11 Å². The fourth-order valence-corrected chi connectivity index (χ4v) is 1.01. The van der Waals surface area contributed by atoms with Crippen molar-refractivity contribution in [2.24, 2.45) is 5.73 Å². The maximum absolute atomic E-state index is 5.71. The fourth-order valence-electron chi connectivity index (χ4n) is 1.01. The van der Waals surface area contributed by atoms with E-state index in [-0.39, 0.29) is 6.04 Å². The Morgan fingerprint density at radius 2 is 2.38 bits per heavy atom. The van der Waals surface area contributed by atoms with Gasteiger partial charge in [-0.3, -0.25) is 0 Å². The first-order chi connectivity index (χ1) is 6.26. The van der Waals surface area contributed by atoms with Gasteiger partial charge in [0.05, 0.1) is 6.61 Å². The van der Waals surface area contributed by atoms with Gasteiger partial charge in [0.25, 0.3) is 0 Å². The van der Waals surface area contributed by atoms with Crippen LogP contribution in [0.25, 0.3) is 0 Å².